The molecule has 0 spiro atoms. The molecule has 2 rings (SSSR count). The van der Waals surface area contributed by atoms with E-state index in [-0.39, 0.29) is 15.7 Å². The smallest absolute Gasteiger partial charge is 0.387 e. The zero-order valence-electron chi connectivity index (χ0n) is 12.2. The molecule has 0 aromatic heterocycles. The first-order chi connectivity index (χ1) is 11.8. The number of amides is 3. The van der Waals surface area contributed by atoms with E-state index in [4.69, 9.17) is 23.2 Å². The molecule has 2 aromatic rings. The van der Waals surface area contributed by atoms with Gasteiger partial charge in [-0.15, -0.1) is 0 Å². The Kier molecular flexibility index (Phi) is 6.11. The molecule has 25 heavy (non-hydrogen) atoms. The monoisotopic (exact) mass is 392 g/mol. The van der Waals surface area contributed by atoms with E-state index < -0.39 is 35.7 Å². The van der Waals surface area contributed by atoms with Crippen LogP contribution in [0.15, 0.2) is 36.4 Å². The molecule has 3 amide bonds. The van der Waals surface area contributed by atoms with Crippen molar-refractivity contribution in [3.63, 3.8) is 0 Å². The molecule has 0 bridgehead atoms. The number of carbonyl (C=O) groups is 2. The van der Waals surface area contributed by atoms with Gasteiger partial charge in [0.05, 0.1) is 16.3 Å². The van der Waals surface area contributed by atoms with Gasteiger partial charge in [0.15, 0.2) is 5.75 Å². The Morgan fingerprint density at radius 3 is 2.48 bits per heavy atom. The molecule has 0 aliphatic heterocycles. The minimum atomic E-state index is -3.15. The predicted molar refractivity (Wildman–Crippen MR) is 86.0 cm³/mol. The van der Waals surface area contributed by atoms with Gasteiger partial charge in [0.1, 0.15) is 5.82 Å². The lowest BCUT2D eigenvalue weighted by molar-refractivity contribution is -0.0493. The summed E-state index contributed by atoms with van der Waals surface area (Å²) in [5, 5.41) is 3.86. The Morgan fingerprint density at radius 1 is 1.12 bits per heavy atom. The van der Waals surface area contributed by atoms with Crippen LogP contribution in [-0.2, 0) is 0 Å². The van der Waals surface area contributed by atoms with Gasteiger partial charge in [-0.1, -0.05) is 29.3 Å². The quantitative estimate of drug-likeness (QED) is 0.792. The number of anilines is 1. The molecule has 0 radical (unpaired) electrons. The van der Waals surface area contributed by atoms with Gasteiger partial charge in [-0.25, -0.2) is 9.18 Å². The number of urea groups is 1. The Labute approximate surface area is 149 Å². The van der Waals surface area contributed by atoms with Crippen LogP contribution in [0.25, 0.3) is 0 Å². The van der Waals surface area contributed by atoms with E-state index in [1.807, 2.05) is 5.32 Å². The second kappa shape index (κ2) is 8.09. The molecular formula is C15H9Cl2F3N2O3. The number of halogens is 5. The normalized spacial score (nSPS) is 10.5. The zero-order chi connectivity index (χ0) is 18.6. The Hall–Kier alpha value is -2.45. The SMILES string of the molecule is O=C(NC(=O)c1c(F)cccc1Cl)Nc1ccc(Cl)cc1OC(F)F. The lowest BCUT2D eigenvalue weighted by Gasteiger charge is -2.13. The van der Waals surface area contributed by atoms with Crippen molar-refractivity contribution in [1.29, 1.82) is 0 Å². The van der Waals surface area contributed by atoms with Crippen LogP contribution >= 0.6 is 23.2 Å². The standard InChI is InChI=1S/C15H9Cl2F3N2O3/c16-7-4-5-10(11(6-7)25-14(19)20)21-15(24)22-13(23)12-8(17)2-1-3-9(12)18/h1-6,14H,(H2,21,22,23,24). The summed E-state index contributed by atoms with van der Waals surface area (Å²) in [7, 11) is 0. The molecule has 2 aromatic carbocycles. The summed E-state index contributed by atoms with van der Waals surface area (Å²) in [4.78, 5) is 23.8. The minimum absolute atomic E-state index is 0.0934. The molecule has 0 unspecified atom stereocenters. The van der Waals surface area contributed by atoms with Crippen molar-refractivity contribution in [2.24, 2.45) is 0 Å². The first-order valence-corrected chi connectivity index (χ1v) is 7.34. The molecule has 0 fully saturated rings. The van der Waals surface area contributed by atoms with E-state index >= 15 is 0 Å². The van der Waals surface area contributed by atoms with Gasteiger partial charge in [-0.3, -0.25) is 10.1 Å². The van der Waals surface area contributed by atoms with E-state index in [2.05, 4.69) is 10.1 Å². The fourth-order valence-corrected chi connectivity index (χ4v) is 2.24. The average Bonchev–Trinajstić information content (AvgIpc) is 2.49. The summed E-state index contributed by atoms with van der Waals surface area (Å²) >= 11 is 11.4. The van der Waals surface area contributed by atoms with Crippen LogP contribution in [0.1, 0.15) is 10.4 Å². The van der Waals surface area contributed by atoms with Gasteiger partial charge in [0.2, 0.25) is 0 Å². The Bertz CT molecular complexity index is 798. The highest BCUT2D eigenvalue weighted by Gasteiger charge is 2.19. The van der Waals surface area contributed by atoms with E-state index in [1.165, 1.54) is 24.3 Å². The summed E-state index contributed by atoms with van der Waals surface area (Å²) in [6.07, 6.45) is 0. The predicted octanol–water partition coefficient (Wildman–Crippen LogP) is 4.70. The molecule has 5 nitrogen and oxygen atoms in total. The lowest BCUT2D eigenvalue weighted by Crippen LogP contribution is -2.35. The van der Waals surface area contributed by atoms with E-state index in [1.54, 1.807) is 0 Å². The molecule has 0 saturated heterocycles. The van der Waals surface area contributed by atoms with E-state index in [0.717, 1.165) is 12.1 Å². The van der Waals surface area contributed by atoms with Gasteiger partial charge in [0, 0.05) is 11.1 Å². The highest BCUT2D eigenvalue weighted by molar-refractivity contribution is 6.34. The number of imide groups is 1. The van der Waals surface area contributed by atoms with E-state index in [9.17, 15) is 22.8 Å². The molecule has 0 aliphatic rings. The fraction of sp³-hybridized carbons (Fsp3) is 0.0667. The van der Waals surface area contributed by atoms with Crippen LogP contribution in [0.2, 0.25) is 10.0 Å². The van der Waals surface area contributed by atoms with Crippen molar-refractivity contribution in [2.75, 3.05) is 5.32 Å². The summed E-state index contributed by atoms with van der Waals surface area (Å²) < 4.78 is 42.6. The Morgan fingerprint density at radius 2 is 1.84 bits per heavy atom. The largest absolute Gasteiger partial charge is 0.433 e. The fourth-order valence-electron chi connectivity index (χ4n) is 1.83. The van der Waals surface area contributed by atoms with Crippen LogP contribution in [-0.4, -0.2) is 18.5 Å². The van der Waals surface area contributed by atoms with Gasteiger partial charge < -0.3 is 10.1 Å². The van der Waals surface area contributed by atoms with Gasteiger partial charge >= 0.3 is 12.6 Å². The number of benzene rings is 2. The molecule has 0 aliphatic carbocycles. The van der Waals surface area contributed by atoms with Gasteiger partial charge in [-0.2, -0.15) is 8.78 Å². The van der Waals surface area contributed by atoms with Crippen molar-refractivity contribution in [3.8, 4) is 5.75 Å². The maximum absolute atomic E-state index is 13.6. The Balaban J connectivity index is 2.14. The number of carbonyl (C=O) groups excluding carboxylic acids is 2. The van der Waals surface area contributed by atoms with Crippen LogP contribution in [0.4, 0.5) is 23.7 Å². The second-order valence-corrected chi connectivity index (χ2v) is 5.37. The highest BCUT2D eigenvalue weighted by atomic mass is 35.5. The van der Waals surface area contributed by atoms with Crippen LogP contribution < -0.4 is 15.4 Å². The summed E-state index contributed by atoms with van der Waals surface area (Å²) in [5.41, 5.74) is -0.700. The number of alkyl halides is 2. The van der Waals surface area contributed by atoms with Crippen molar-refractivity contribution < 1.29 is 27.5 Å². The summed E-state index contributed by atoms with van der Waals surface area (Å²) in [6, 6.07) is 6.00. The maximum atomic E-state index is 13.6. The van der Waals surface area contributed by atoms with Crippen LogP contribution in [0.3, 0.4) is 0 Å². The minimum Gasteiger partial charge on any atom is -0.433 e. The van der Waals surface area contributed by atoms with E-state index in [0.29, 0.717) is 0 Å². The molecule has 2 N–H and O–H groups in total. The first kappa shape index (κ1) is 18.9. The van der Waals surface area contributed by atoms with Crippen LogP contribution in [0, 0.1) is 5.82 Å². The third kappa shape index (κ3) is 5.01. The molecule has 0 heterocycles. The molecular weight excluding hydrogens is 384 g/mol. The zero-order valence-corrected chi connectivity index (χ0v) is 13.7. The average molecular weight is 393 g/mol. The van der Waals surface area contributed by atoms with Crippen molar-refractivity contribution in [2.45, 2.75) is 6.61 Å². The summed E-state index contributed by atoms with van der Waals surface area (Å²) in [5.74, 6) is -2.44. The molecule has 0 atom stereocenters. The van der Waals surface area contributed by atoms with Crippen molar-refractivity contribution in [3.05, 3.63) is 57.8 Å². The first-order valence-electron chi connectivity index (χ1n) is 6.58. The molecule has 10 heteroatoms. The number of rotatable bonds is 4. The summed E-state index contributed by atoms with van der Waals surface area (Å²) in [6.45, 7) is -3.15. The molecule has 0 saturated carbocycles. The maximum Gasteiger partial charge on any atom is 0.387 e. The third-order valence-electron chi connectivity index (χ3n) is 2.82. The van der Waals surface area contributed by atoms with Crippen molar-refractivity contribution >= 4 is 40.8 Å². The number of hydrogen-bond donors (Lipinski definition) is 2. The number of nitrogens with one attached hydrogen (secondary N) is 2. The number of ether oxygens (including phenoxy) is 1. The third-order valence-corrected chi connectivity index (χ3v) is 3.37. The van der Waals surface area contributed by atoms with Crippen LogP contribution in [0.5, 0.6) is 5.75 Å². The molecule has 132 valence electrons. The second-order valence-electron chi connectivity index (χ2n) is 4.52. The van der Waals surface area contributed by atoms with Crippen molar-refractivity contribution in [1.82, 2.24) is 5.32 Å². The van der Waals surface area contributed by atoms with Gasteiger partial charge in [-0.05, 0) is 24.3 Å². The topological polar surface area (TPSA) is 67.4 Å². The number of hydrogen-bond acceptors (Lipinski definition) is 3. The lowest BCUT2D eigenvalue weighted by atomic mass is 10.2. The highest BCUT2D eigenvalue weighted by Crippen LogP contribution is 2.29. The van der Waals surface area contributed by atoms with Gasteiger partial charge in [0.25, 0.3) is 5.91 Å².